The highest BCUT2D eigenvalue weighted by Crippen LogP contribution is 2.35. The van der Waals surface area contributed by atoms with E-state index in [0.717, 1.165) is 0 Å². The molecule has 0 saturated carbocycles. The summed E-state index contributed by atoms with van der Waals surface area (Å²) < 4.78 is 10.8. The molecule has 3 heterocycles. The van der Waals surface area contributed by atoms with Crippen molar-refractivity contribution in [1.82, 2.24) is 9.88 Å². The van der Waals surface area contributed by atoms with E-state index in [1.807, 2.05) is 14.1 Å². The predicted molar refractivity (Wildman–Crippen MR) is 94.9 cm³/mol. The van der Waals surface area contributed by atoms with Crippen molar-refractivity contribution in [3.05, 3.63) is 23.3 Å². The molecule has 0 aromatic carbocycles. The smallest absolute Gasteiger partial charge is 0.240 e. The zero-order chi connectivity index (χ0) is 17.8. The van der Waals surface area contributed by atoms with Gasteiger partial charge in [-0.05, 0) is 39.1 Å². The zero-order valence-corrected chi connectivity index (χ0v) is 15.1. The number of amides is 1. The third-order valence-electron chi connectivity index (χ3n) is 3.90. The number of thiazole rings is 1. The Labute approximate surface area is 150 Å². The number of ketones is 1. The van der Waals surface area contributed by atoms with Crippen LogP contribution in [0.1, 0.15) is 22.5 Å². The van der Waals surface area contributed by atoms with Crippen molar-refractivity contribution in [3.8, 4) is 11.5 Å². The standard InChI is InChI=1S/C17H21N3O4S/c1-20(2)10-13(21)18-17-19-14(12-4-3-7-24-12)16(25-17)15(22)11-5-8-23-9-6-11/h3-4,7,11H,5-6,8-10H2,1-2H3,(H,18,19,21). The van der Waals surface area contributed by atoms with Crippen molar-refractivity contribution in [2.24, 2.45) is 5.92 Å². The lowest BCUT2D eigenvalue weighted by molar-refractivity contribution is -0.116. The Morgan fingerprint density at radius 1 is 1.36 bits per heavy atom. The van der Waals surface area contributed by atoms with Gasteiger partial charge in [0.1, 0.15) is 10.6 Å². The first-order valence-electron chi connectivity index (χ1n) is 8.16. The van der Waals surface area contributed by atoms with Crippen LogP contribution in [0.25, 0.3) is 11.5 Å². The van der Waals surface area contributed by atoms with Gasteiger partial charge in [0.25, 0.3) is 0 Å². The van der Waals surface area contributed by atoms with Crippen LogP contribution in [0.2, 0.25) is 0 Å². The molecule has 25 heavy (non-hydrogen) atoms. The van der Waals surface area contributed by atoms with Gasteiger partial charge in [-0.2, -0.15) is 0 Å². The Balaban J connectivity index is 1.87. The SMILES string of the molecule is CN(C)CC(=O)Nc1nc(-c2ccco2)c(C(=O)C2CCOCC2)s1. The number of carbonyl (C=O) groups excluding carboxylic acids is 2. The average molecular weight is 363 g/mol. The van der Waals surface area contributed by atoms with Crippen molar-refractivity contribution < 1.29 is 18.7 Å². The second kappa shape index (κ2) is 7.90. The van der Waals surface area contributed by atoms with E-state index >= 15 is 0 Å². The lowest BCUT2D eigenvalue weighted by Crippen LogP contribution is -2.27. The van der Waals surface area contributed by atoms with Crippen LogP contribution in [0, 0.1) is 5.92 Å². The van der Waals surface area contributed by atoms with Crippen LogP contribution in [-0.4, -0.2) is 55.4 Å². The highest BCUT2D eigenvalue weighted by atomic mass is 32.1. The fourth-order valence-corrected chi connectivity index (χ4v) is 3.72. The summed E-state index contributed by atoms with van der Waals surface area (Å²) in [6.45, 7) is 1.44. The molecule has 134 valence electrons. The first-order chi connectivity index (χ1) is 12.0. The molecule has 0 atom stereocenters. The minimum Gasteiger partial charge on any atom is -0.463 e. The zero-order valence-electron chi connectivity index (χ0n) is 14.3. The predicted octanol–water partition coefficient (Wildman–Crippen LogP) is 2.51. The number of Topliss-reactive ketones (excluding diaryl/α,β-unsaturated/α-hetero) is 1. The van der Waals surface area contributed by atoms with Crippen LogP contribution in [0.5, 0.6) is 0 Å². The van der Waals surface area contributed by atoms with Crippen LogP contribution in [-0.2, 0) is 9.53 Å². The van der Waals surface area contributed by atoms with E-state index in [2.05, 4.69) is 10.3 Å². The number of hydrogen-bond donors (Lipinski definition) is 1. The van der Waals surface area contributed by atoms with E-state index < -0.39 is 0 Å². The van der Waals surface area contributed by atoms with E-state index in [-0.39, 0.29) is 24.2 Å². The van der Waals surface area contributed by atoms with Crippen LogP contribution in [0.15, 0.2) is 22.8 Å². The molecule has 7 nitrogen and oxygen atoms in total. The van der Waals surface area contributed by atoms with Crippen molar-refractivity contribution in [3.63, 3.8) is 0 Å². The topological polar surface area (TPSA) is 84.7 Å². The second-order valence-corrected chi connectivity index (χ2v) is 7.21. The molecular weight excluding hydrogens is 342 g/mol. The van der Waals surface area contributed by atoms with Gasteiger partial charge in [0.05, 0.1) is 12.8 Å². The Morgan fingerprint density at radius 2 is 2.12 bits per heavy atom. The van der Waals surface area contributed by atoms with Crippen LogP contribution < -0.4 is 5.32 Å². The molecule has 8 heteroatoms. The molecule has 1 aliphatic rings. The average Bonchev–Trinajstić information content (AvgIpc) is 3.23. The van der Waals surface area contributed by atoms with E-state index in [0.29, 0.717) is 47.5 Å². The summed E-state index contributed by atoms with van der Waals surface area (Å²) in [4.78, 5) is 31.7. The van der Waals surface area contributed by atoms with E-state index in [1.165, 1.54) is 11.3 Å². The summed E-state index contributed by atoms with van der Waals surface area (Å²) in [7, 11) is 3.63. The Morgan fingerprint density at radius 3 is 2.76 bits per heavy atom. The molecule has 0 unspecified atom stereocenters. The normalized spacial score (nSPS) is 15.5. The number of ether oxygens (including phenoxy) is 1. The van der Waals surface area contributed by atoms with E-state index in [1.54, 1.807) is 23.3 Å². The minimum absolute atomic E-state index is 0.0420. The largest absolute Gasteiger partial charge is 0.463 e. The molecule has 0 radical (unpaired) electrons. The molecule has 1 amide bonds. The van der Waals surface area contributed by atoms with E-state index in [4.69, 9.17) is 9.15 Å². The number of nitrogens with zero attached hydrogens (tertiary/aromatic N) is 2. The maximum Gasteiger partial charge on any atom is 0.240 e. The third kappa shape index (κ3) is 4.33. The van der Waals surface area contributed by atoms with Gasteiger partial charge in [0, 0.05) is 19.1 Å². The number of hydrogen-bond acceptors (Lipinski definition) is 7. The Bertz CT molecular complexity index is 733. The summed E-state index contributed by atoms with van der Waals surface area (Å²) in [6.07, 6.45) is 2.95. The highest BCUT2D eigenvalue weighted by Gasteiger charge is 2.29. The maximum atomic E-state index is 12.9. The summed E-state index contributed by atoms with van der Waals surface area (Å²) in [5, 5.41) is 3.17. The molecule has 3 rings (SSSR count). The quantitative estimate of drug-likeness (QED) is 0.794. The van der Waals surface area contributed by atoms with Gasteiger partial charge in [-0.1, -0.05) is 11.3 Å². The molecule has 1 saturated heterocycles. The van der Waals surface area contributed by atoms with Crippen molar-refractivity contribution >= 4 is 28.2 Å². The number of likely N-dealkylation sites (N-methyl/N-ethyl adjacent to an activating group) is 1. The summed E-state index contributed by atoms with van der Waals surface area (Å²) in [5.41, 5.74) is 0.492. The number of furan rings is 1. The molecule has 1 aliphatic heterocycles. The number of carbonyl (C=O) groups is 2. The lowest BCUT2D eigenvalue weighted by Gasteiger charge is -2.20. The summed E-state index contributed by atoms with van der Waals surface area (Å²) in [6, 6.07) is 3.52. The van der Waals surface area contributed by atoms with Crippen LogP contribution >= 0.6 is 11.3 Å². The Kier molecular flexibility index (Phi) is 5.62. The van der Waals surface area contributed by atoms with Crippen molar-refractivity contribution in [2.45, 2.75) is 12.8 Å². The van der Waals surface area contributed by atoms with Crippen molar-refractivity contribution in [1.29, 1.82) is 0 Å². The van der Waals surface area contributed by atoms with Crippen LogP contribution in [0.4, 0.5) is 5.13 Å². The van der Waals surface area contributed by atoms with Crippen LogP contribution in [0.3, 0.4) is 0 Å². The molecule has 2 aromatic rings. The lowest BCUT2D eigenvalue weighted by atomic mass is 9.94. The minimum atomic E-state index is -0.171. The Hall–Kier alpha value is -2.03. The fourth-order valence-electron chi connectivity index (χ4n) is 2.71. The molecule has 0 bridgehead atoms. The third-order valence-corrected chi connectivity index (χ3v) is 4.89. The molecular formula is C17H21N3O4S. The van der Waals surface area contributed by atoms with Gasteiger partial charge >= 0.3 is 0 Å². The maximum absolute atomic E-state index is 12.9. The number of aromatic nitrogens is 1. The number of anilines is 1. The number of nitrogens with one attached hydrogen (secondary N) is 1. The number of rotatable bonds is 6. The highest BCUT2D eigenvalue weighted by molar-refractivity contribution is 7.18. The van der Waals surface area contributed by atoms with Gasteiger partial charge in [-0.3, -0.25) is 9.59 Å². The van der Waals surface area contributed by atoms with Gasteiger partial charge in [-0.25, -0.2) is 4.98 Å². The van der Waals surface area contributed by atoms with Gasteiger partial charge < -0.3 is 19.4 Å². The molecule has 1 fully saturated rings. The van der Waals surface area contributed by atoms with Gasteiger partial charge in [-0.15, -0.1) is 0 Å². The molecule has 2 aromatic heterocycles. The van der Waals surface area contributed by atoms with E-state index in [9.17, 15) is 9.59 Å². The van der Waals surface area contributed by atoms with Gasteiger partial charge in [0.15, 0.2) is 16.7 Å². The van der Waals surface area contributed by atoms with Gasteiger partial charge in [0.2, 0.25) is 5.91 Å². The summed E-state index contributed by atoms with van der Waals surface area (Å²) in [5.74, 6) is 0.322. The summed E-state index contributed by atoms with van der Waals surface area (Å²) >= 11 is 1.20. The molecule has 1 N–H and O–H groups in total. The monoisotopic (exact) mass is 363 g/mol. The molecule has 0 aliphatic carbocycles. The fraction of sp³-hybridized carbons (Fsp3) is 0.471. The first kappa shape index (κ1) is 17.8. The first-order valence-corrected chi connectivity index (χ1v) is 8.97. The second-order valence-electron chi connectivity index (χ2n) is 6.21. The molecule has 0 spiro atoms. The van der Waals surface area contributed by atoms with Crippen molar-refractivity contribution in [2.75, 3.05) is 39.2 Å².